The van der Waals surface area contributed by atoms with Gasteiger partial charge < -0.3 is 20.7 Å². The summed E-state index contributed by atoms with van der Waals surface area (Å²) >= 11 is 0. The Morgan fingerprint density at radius 3 is 2.39 bits per heavy atom. The van der Waals surface area contributed by atoms with Gasteiger partial charge in [-0.25, -0.2) is 0 Å². The Balaban J connectivity index is 1.96. The van der Waals surface area contributed by atoms with Gasteiger partial charge in [0.2, 0.25) is 5.36 Å². The fourth-order valence-electron chi connectivity index (χ4n) is 3.92. The molecule has 1 aromatic rings. The average Bonchev–Trinajstić information content (AvgIpc) is 2.65. The van der Waals surface area contributed by atoms with Crippen LogP contribution in [0.2, 0.25) is 0 Å². The Kier molecular flexibility index (Phi) is 6.09. The van der Waals surface area contributed by atoms with Crippen LogP contribution in [0, 0.1) is 10.4 Å². The van der Waals surface area contributed by atoms with Gasteiger partial charge in [-0.2, -0.15) is 4.90 Å². The Bertz CT molecular complexity index is 966. The van der Waals surface area contributed by atoms with E-state index in [0.29, 0.717) is 17.6 Å². The number of hydrogen-bond donors (Lipinski definition) is 2. The molecule has 0 radical (unpaired) electrons. The molecular weight excluding hydrogens is 352 g/mol. The number of H-pyrrole nitrogens is 1. The molecule has 1 aliphatic heterocycles. The van der Waals surface area contributed by atoms with Crippen molar-refractivity contribution < 1.29 is 0 Å². The van der Waals surface area contributed by atoms with Crippen molar-refractivity contribution in [3.8, 4) is 11.3 Å². The molecule has 2 aliphatic rings. The van der Waals surface area contributed by atoms with Gasteiger partial charge in [0.1, 0.15) is 0 Å². The molecule has 1 aromatic carbocycles. The third kappa shape index (κ3) is 4.07. The van der Waals surface area contributed by atoms with Crippen LogP contribution in [0.15, 0.2) is 42.5 Å². The van der Waals surface area contributed by atoms with Crippen LogP contribution < -0.4 is 15.6 Å². The topological polar surface area (TPSA) is 80.2 Å². The highest BCUT2D eigenvalue weighted by atomic mass is 16.8. The predicted octanol–water partition coefficient (Wildman–Crippen LogP) is 3.96. The molecule has 1 heterocycles. The summed E-state index contributed by atoms with van der Waals surface area (Å²) in [5.74, 6) is 0. The average molecular weight is 382 g/mol. The summed E-state index contributed by atoms with van der Waals surface area (Å²) in [5.41, 5.74) is 3.19. The van der Waals surface area contributed by atoms with Crippen molar-refractivity contribution in [3.05, 3.63) is 58.2 Å². The minimum absolute atomic E-state index is 0.119. The van der Waals surface area contributed by atoms with Crippen LogP contribution in [0.5, 0.6) is 0 Å². The number of para-hydroxylation sites is 1. The van der Waals surface area contributed by atoms with Crippen LogP contribution in [0.25, 0.3) is 22.2 Å². The summed E-state index contributed by atoms with van der Waals surface area (Å²) < 4.78 is 0. The lowest BCUT2D eigenvalue weighted by molar-refractivity contribution is 0.174. The Labute approximate surface area is 166 Å². The first-order chi connectivity index (χ1) is 13.4. The van der Waals surface area contributed by atoms with Crippen molar-refractivity contribution >= 4 is 16.6 Å². The number of aromatic nitrogens is 1. The minimum Gasteiger partial charge on any atom is -0.612 e. The third-order valence-electron chi connectivity index (χ3n) is 5.18. The van der Waals surface area contributed by atoms with Gasteiger partial charge in [-0.15, -0.1) is 0 Å². The van der Waals surface area contributed by atoms with Gasteiger partial charge in [0.15, 0.2) is 0 Å². The van der Waals surface area contributed by atoms with E-state index in [9.17, 15) is 10.4 Å². The van der Waals surface area contributed by atoms with Crippen molar-refractivity contribution in [2.24, 2.45) is 0 Å². The van der Waals surface area contributed by atoms with Gasteiger partial charge >= 0.3 is 0 Å². The van der Waals surface area contributed by atoms with Gasteiger partial charge in [0.25, 0.3) is 0 Å². The van der Waals surface area contributed by atoms with E-state index >= 15 is 0 Å². The predicted molar refractivity (Wildman–Crippen MR) is 117 cm³/mol. The highest BCUT2D eigenvalue weighted by molar-refractivity contribution is 6.00. The first-order valence-electron chi connectivity index (χ1n) is 9.91. The first-order valence-corrected chi connectivity index (χ1v) is 9.91. The van der Waals surface area contributed by atoms with Gasteiger partial charge in [0.05, 0.1) is 16.9 Å². The molecule has 0 saturated heterocycles. The number of pyridine rings is 1. The fourth-order valence-corrected chi connectivity index (χ4v) is 3.92. The fraction of sp³-hybridized carbons (Fsp3) is 0.409. The lowest BCUT2D eigenvalue weighted by Gasteiger charge is -2.30. The normalized spacial score (nSPS) is 11.8. The molecule has 28 heavy (non-hydrogen) atoms. The van der Waals surface area contributed by atoms with Crippen LogP contribution in [-0.4, -0.2) is 35.1 Å². The molecule has 1 aliphatic carbocycles. The molecule has 0 unspecified atom stereocenters. The van der Waals surface area contributed by atoms with E-state index in [4.69, 9.17) is 0 Å². The molecule has 6 nitrogen and oxygen atoms in total. The maximum absolute atomic E-state index is 11.6. The molecule has 0 aromatic heterocycles. The lowest BCUT2D eigenvalue weighted by Crippen LogP contribution is -2.38. The zero-order valence-electron chi connectivity index (χ0n) is 17.0. The zero-order chi connectivity index (χ0) is 20.3. The first kappa shape index (κ1) is 20.0. The van der Waals surface area contributed by atoms with Gasteiger partial charge in [-0.3, -0.25) is 4.90 Å². The molecule has 0 amide bonds. The molecule has 0 atom stereocenters. The number of nitrogens with zero attached hydrogens (tertiary/aromatic N) is 2. The third-order valence-corrected chi connectivity index (χ3v) is 5.18. The number of fused-ring (bicyclic) bond motifs is 2. The number of aromatic amines is 1. The highest BCUT2D eigenvalue weighted by Gasteiger charge is 2.18. The van der Waals surface area contributed by atoms with Gasteiger partial charge in [-0.05, 0) is 46.2 Å². The Morgan fingerprint density at radius 1 is 1.00 bits per heavy atom. The van der Waals surface area contributed by atoms with E-state index in [1.165, 1.54) is 0 Å². The summed E-state index contributed by atoms with van der Waals surface area (Å²) in [6.07, 6.45) is 0.964. The number of rotatable bonds is 7. The molecule has 0 spiro atoms. The standard InChI is InChI=1S/C22H29N4O2/c1-15(2)25(16(3)4)14-8-13-23-22-17-9-5-6-10-18(17)24-19-11-7-12-20(21(19)22)26(27)28/h5-7,9-12,15-16,23-24H,8,13-14H2,1-4H3/q-1. The van der Waals surface area contributed by atoms with E-state index in [-0.39, 0.29) is 10.3 Å². The van der Waals surface area contributed by atoms with Crippen LogP contribution in [-0.2, 0) is 0 Å². The second kappa shape index (κ2) is 8.52. The van der Waals surface area contributed by atoms with Crippen LogP contribution in [0.3, 0.4) is 0 Å². The SMILES string of the molecule is CC(C)N(CCCNc1c2c(=[N+]([O-])[O-])cccc-2[nH]c2ccccc12)C(C)C. The minimum atomic E-state index is -0.310. The summed E-state index contributed by atoms with van der Waals surface area (Å²) in [4.78, 5) is 5.48. The maximum Gasteiger partial charge on any atom is 0.234 e. The number of nitrogens with one attached hydrogen (secondary N) is 2. The summed E-state index contributed by atoms with van der Waals surface area (Å²) in [6.45, 7) is 10.6. The van der Waals surface area contributed by atoms with Crippen LogP contribution in [0.1, 0.15) is 34.1 Å². The summed E-state index contributed by atoms with van der Waals surface area (Å²) in [7, 11) is 0. The van der Waals surface area contributed by atoms with Gasteiger partial charge in [0, 0.05) is 42.1 Å². The van der Waals surface area contributed by atoms with Crippen molar-refractivity contribution in [3.63, 3.8) is 0 Å². The monoisotopic (exact) mass is 381 g/mol. The van der Waals surface area contributed by atoms with Crippen LogP contribution in [0.4, 0.5) is 5.69 Å². The highest BCUT2D eigenvalue weighted by Crippen LogP contribution is 2.32. The van der Waals surface area contributed by atoms with Crippen molar-refractivity contribution in [1.82, 2.24) is 14.8 Å². The molecule has 0 fully saturated rings. The molecule has 2 N–H and O–H groups in total. The van der Waals surface area contributed by atoms with E-state index in [1.807, 2.05) is 30.3 Å². The Morgan fingerprint density at radius 2 is 1.71 bits per heavy atom. The smallest absolute Gasteiger partial charge is 0.234 e. The van der Waals surface area contributed by atoms with Crippen molar-refractivity contribution in [2.45, 2.75) is 46.2 Å². The lowest BCUT2D eigenvalue weighted by atomic mass is 10.0. The molecule has 3 rings (SSSR count). The second-order valence-electron chi connectivity index (χ2n) is 7.71. The largest absolute Gasteiger partial charge is 0.612 e. The van der Waals surface area contributed by atoms with Gasteiger partial charge in [-0.1, -0.05) is 24.3 Å². The van der Waals surface area contributed by atoms with E-state index < -0.39 is 0 Å². The second-order valence-corrected chi connectivity index (χ2v) is 7.71. The molecule has 150 valence electrons. The van der Waals surface area contributed by atoms with Crippen molar-refractivity contribution in [1.29, 1.82) is 0 Å². The van der Waals surface area contributed by atoms with E-state index in [2.05, 4.69) is 42.9 Å². The quantitative estimate of drug-likeness (QED) is 0.369. The Hall–Kier alpha value is -2.73. The molecular formula is C22H29N4O2-. The molecule has 0 bridgehead atoms. The number of anilines is 1. The van der Waals surface area contributed by atoms with E-state index in [0.717, 1.165) is 41.8 Å². The molecule has 0 saturated carbocycles. The number of hydrogen-bond acceptors (Lipinski definition) is 4. The number of benzene rings is 2. The maximum atomic E-state index is 11.6. The zero-order valence-corrected chi connectivity index (χ0v) is 17.0. The van der Waals surface area contributed by atoms with E-state index in [1.54, 1.807) is 12.1 Å². The van der Waals surface area contributed by atoms with Crippen molar-refractivity contribution in [2.75, 3.05) is 18.4 Å². The molecule has 6 heteroatoms. The summed E-state index contributed by atoms with van der Waals surface area (Å²) in [5, 5.41) is 27.9. The van der Waals surface area contributed by atoms with Crippen LogP contribution >= 0.6 is 0 Å². The summed E-state index contributed by atoms with van der Waals surface area (Å²) in [6, 6.07) is 14.1.